The second kappa shape index (κ2) is 7.14. The summed E-state index contributed by atoms with van der Waals surface area (Å²) >= 11 is 0. The highest BCUT2D eigenvalue weighted by molar-refractivity contribution is 5.80. The number of carbonyl (C=O) groups excluding carboxylic acids is 1. The number of likely N-dealkylation sites (N-methyl/N-ethyl adjacent to an activating group) is 1. The average molecular weight is 333 g/mol. The molecule has 4 heteroatoms. The maximum absolute atomic E-state index is 12.9. The molecule has 134 valence electrons. The molecule has 2 rings (SSSR count). The van der Waals surface area contributed by atoms with Crippen LogP contribution in [-0.2, 0) is 16.0 Å². The molecule has 2 atom stereocenters. The molecule has 0 bridgehead atoms. The maximum atomic E-state index is 12.9. The molecule has 0 spiro atoms. The van der Waals surface area contributed by atoms with Crippen LogP contribution >= 0.6 is 0 Å². The van der Waals surface area contributed by atoms with Crippen LogP contribution in [0.5, 0.6) is 5.75 Å². The summed E-state index contributed by atoms with van der Waals surface area (Å²) in [6.07, 6.45) is 3.46. The lowest BCUT2D eigenvalue weighted by atomic mass is 9.80. The van der Waals surface area contributed by atoms with Gasteiger partial charge < -0.3 is 14.8 Å². The predicted molar refractivity (Wildman–Crippen MR) is 96.3 cm³/mol. The molecule has 0 saturated carbocycles. The number of ether oxygens (including phenoxy) is 2. The molecular formula is C20H31NO3. The summed E-state index contributed by atoms with van der Waals surface area (Å²) in [5.74, 6) is 0.683. The first kappa shape index (κ1) is 18.8. The third-order valence-corrected chi connectivity index (χ3v) is 4.74. The normalized spacial score (nSPS) is 20.0. The number of nitrogens with one attached hydrogen (secondary N) is 1. The van der Waals surface area contributed by atoms with Gasteiger partial charge in [0.1, 0.15) is 17.4 Å². The lowest BCUT2D eigenvalue weighted by Gasteiger charge is -2.35. The third-order valence-electron chi connectivity index (χ3n) is 4.74. The van der Waals surface area contributed by atoms with Crippen LogP contribution in [0.2, 0.25) is 0 Å². The van der Waals surface area contributed by atoms with E-state index in [4.69, 9.17) is 9.47 Å². The molecule has 0 amide bonds. The Hall–Kier alpha value is -1.55. The smallest absolute Gasteiger partial charge is 0.326 e. The van der Waals surface area contributed by atoms with Crippen molar-refractivity contribution in [3.63, 3.8) is 0 Å². The Morgan fingerprint density at radius 3 is 2.58 bits per heavy atom. The van der Waals surface area contributed by atoms with E-state index in [9.17, 15) is 4.79 Å². The van der Waals surface area contributed by atoms with E-state index >= 15 is 0 Å². The van der Waals surface area contributed by atoms with Crippen LogP contribution in [-0.4, -0.2) is 25.7 Å². The second-order valence-corrected chi connectivity index (χ2v) is 8.17. The molecule has 0 aliphatic heterocycles. The number of hydrogen-bond donors (Lipinski definition) is 1. The Kier molecular flexibility index (Phi) is 5.59. The van der Waals surface area contributed by atoms with Crippen LogP contribution in [0, 0.1) is 5.41 Å². The third kappa shape index (κ3) is 4.29. The van der Waals surface area contributed by atoms with Crippen LogP contribution in [0.3, 0.4) is 0 Å². The van der Waals surface area contributed by atoms with Crippen molar-refractivity contribution in [2.75, 3.05) is 14.2 Å². The van der Waals surface area contributed by atoms with Gasteiger partial charge in [-0.05, 0) is 68.3 Å². The molecule has 0 saturated heterocycles. The quantitative estimate of drug-likeness (QED) is 0.827. The average Bonchev–Trinajstić information content (AvgIpc) is 2.52. The van der Waals surface area contributed by atoms with Gasteiger partial charge in [-0.25, -0.2) is 0 Å². The molecule has 1 N–H and O–H groups in total. The molecule has 2 unspecified atom stereocenters. The Morgan fingerprint density at radius 2 is 2.00 bits per heavy atom. The standard InChI is InChI=1S/C20H31NO3/c1-19(2,3)13-20(4,21-5)18(22)24-17-9-7-8-14-12-15(23-6)10-11-16(14)17/h10-12,17,21H,7-9,13H2,1-6H3. The van der Waals surface area contributed by atoms with E-state index in [1.54, 1.807) is 7.11 Å². The molecular weight excluding hydrogens is 302 g/mol. The second-order valence-electron chi connectivity index (χ2n) is 8.17. The van der Waals surface area contributed by atoms with Gasteiger partial charge >= 0.3 is 5.97 Å². The van der Waals surface area contributed by atoms with Crippen LogP contribution in [0.15, 0.2) is 18.2 Å². The lowest BCUT2D eigenvalue weighted by Crippen LogP contribution is -2.51. The molecule has 1 aliphatic carbocycles. The zero-order valence-electron chi connectivity index (χ0n) is 15.9. The fraction of sp³-hybridized carbons (Fsp3) is 0.650. The van der Waals surface area contributed by atoms with E-state index in [2.05, 4.69) is 32.2 Å². The minimum atomic E-state index is -0.678. The number of methoxy groups -OCH3 is 1. The highest BCUT2D eigenvalue weighted by Gasteiger charge is 2.39. The molecule has 0 heterocycles. The molecule has 24 heavy (non-hydrogen) atoms. The van der Waals surface area contributed by atoms with Crippen LogP contribution < -0.4 is 10.1 Å². The number of fused-ring (bicyclic) bond motifs is 1. The van der Waals surface area contributed by atoms with Crippen molar-refractivity contribution >= 4 is 5.97 Å². The van der Waals surface area contributed by atoms with Gasteiger partial charge in [0.25, 0.3) is 0 Å². The molecule has 4 nitrogen and oxygen atoms in total. The fourth-order valence-electron chi connectivity index (χ4n) is 3.58. The van der Waals surface area contributed by atoms with E-state index in [0.29, 0.717) is 0 Å². The lowest BCUT2D eigenvalue weighted by molar-refractivity contribution is -0.159. The van der Waals surface area contributed by atoms with Crippen molar-refractivity contribution in [3.8, 4) is 5.75 Å². The minimum Gasteiger partial charge on any atom is -0.497 e. The molecule has 1 aliphatic rings. The number of esters is 1. The first-order chi connectivity index (χ1) is 11.2. The molecule has 0 radical (unpaired) electrons. The van der Waals surface area contributed by atoms with Gasteiger partial charge in [0, 0.05) is 0 Å². The van der Waals surface area contributed by atoms with E-state index in [0.717, 1.165) is 37.0 Å². The Labute approximate surface area is 145 Å². The van der Waals surface area contributed by atoms with Gasteiger partial charge in [-0.3, -0.25) is 4.79 Å². The monoisotopic (exact) mass is 333 g/mol. The van der Waals surface area contributed by atoms with Gasteiger partial charge in [-0.15, -0.1) is 0 Å². The summed E-state index contributed by atoms with van der Waals surface area (Å²) in [4.78, 5) is 12.9. The number of rotatable bonds is 5. The number of aryl methyl sites for hydroxylation is 1. The van der Waals surface area contributed by atoms with Crippen molar-refractivity contribution in [1.82, 2.24) is 5.32 Å². The van der Waals surface area contributed by atoms with Crippen LogP contribution in [0.1, 0.15) is 64.2 Å². The minimum absolute atomic E-state index is 0.0363. The number of carbonyl (C=O) groups is 1. The van der Waals surface area contributed by atoms with E-state index in [1.807, 2.05) is 26.1 Å². The van der Waals surface area contributed by atoms with Crippen molar-refractivity contribution in [2.45, 2.75) is 65.0 Å². The largest absolute Gasteiger partial charge is 0.497 e. The Bertz CT molecular complexity index is 591. The molecule has 0 aromatic heterocycles. The maximum Gasteiger partial charge on any atom is 0.326 e. The van der Waals surface area contributed by atoms with Gasteiger partial charge in [-0.1, -0.05) is 26.8 Å². The van der Waals surface area contributed by atoms with Crippen LogP contribution in [0.25, 0.3) is 0 Å². The predicted octanol–water partition coefficient (Wildman–Crippen LogP) is 4.03. The van der Waals surface area contributed by atoms with Gasteiger partial charge in [-0.2, -0.15) is 0 Å². The van der Waals surface area contributed by atoms with Gasteiger partial charge in [0.15, 0.2) is 0 Å². The van der Waals surface area contributed by atoms with E-state index in [1.165, 1.54) is 5.56 Å². The summed E-state index contributed by atoms with van der Waals surface area (Å²) < 4.78 is 11.3. The summed E-state index contributed by atoms with van der Waals surface area (Å²) in [6.45, 7) is 8.34. The first-order valence-electron chi connectivity index (χ1n) is 8.75. The number of benzene rings is 1. The van der Waals surface area contributed by atoms with Crippen molar-refractivity contribution < 1.29 is 14.3 Å². The highest BCUT2D eigenvalue weighted by atomic mass is 16.5. The van der Waals surface area contributed by atoms with Gasteiger partial charge in [0.05, 0.1) is 7.11 Å². The van der Waals surface area contributed by atoms with E-state index < -0.39 is 5.54 Å². The topological polar surface area (TPSA) is 47.6 Å². The molecule has 0 fully saturated rings. The molecule has 1 aromatic rings. The van der Waals surface area contributed by atoms with Crippen molar-refractivity contribution in [3.05, 3.63) is 29.3 Å². The zero-order chi connectivity index (χ0) is 18.0. The fourth-order valence-corrected chi connectivity index (χ4v) is 3.58. The molecule has 1 aromatic carbocycles. The summed E-state index contributed by atoms with van der Waals surface area (Å²) in [6, 6.07) is 6.03. The van der Waals surface area contributed by atoms with E-state index in [-0.39, 0.29) is 17.5 Å². The number of hydrogen-bond acceptors (Lipinski definition) is 4. The van der Waals surface area contributed by atoms with Crippen LogP contribution in [0.4, 0.5) is 0 Å². The Morgan fingerprint density at radius 1 is 1.29 bits per heavy atom. The zero-order valence-corrected chi connectivity index (χ0v) is 15.9. The van der Waals surface area contributed by atoms with Crippen molar-refractivity contribution in [2.24, 2.45) is 5.41 Å². The first-order valence-corrected chi connectivity index (χ1v) is 8.75. The highest BCUT2D eigenvalue weighted by Crippen LogP contribution is 2.36. The summed E-state index contributed by atoms with van der Waals surface area (Å²) in [5, 5.41) is 3.17. The summed E-state index contributed by atoms with van der Waals surface area (Å²) in [7, 11) is 3.50. The SMILES string of the molecule is CNC(C)(CC(C)(C)C)C(=O)OC1CCCc2cc(OC)ccc21. The van der Waals surface area contributed by atoms with Gasteiger partial charge in [0.2, 0.25) is 0 Å². The summed E-state index contributed by atoms with van der Waals surface area (Å²) in [5.41, 5.74) is 1.70. The van der Waals surface area contributed by atoms with Crippen molar-refractivity contribution in [1.29, 1.82) is 0 Å². The Balaban J connectivity index is 2.18.